The summed E-state index contributed by atoms with van der Waals surface area (Å²) in [6.07, 6.45) is 0.828. The zero-order valence-corrected chi connectivity index (χ0v) is 19.7. The van der Waals surface area contributed by atoms with Crippen LogP contribution in [-0.2, 0) is 14.3 Å². The first-order valence-corrected chi connectivity index (χ1v) is 11.7. The molecule has 3 aliphatic carbocycles. The first-order valence-electron chi connectivity index (χ1n) is 11.7. The van der Waals surface area contributed by atoms with E-state index in [-0.39, 0.29) is 17.6 Å². The highest BCUT2D eigenvalue weighted by molar-refractivity contribution is 5.90. The molecule has 3 fully saturated rings. The lowest BCUT2D eigenvalue weighted by molar-refractivity contribution is -0.233. The fourth-order valence-electron chi connectivity index (χ4n) is 6.11. The van der Waals surface area contributed by atoms with Gasteiger partial charge in [-0.1, -0.05) is 57.2 Å². The summed E-state index contributed by atoms with van der Waals surface area (Å²) in [5, 5.41) is 0. The average Bonchev–Trinajstić information content (AvgIpc) is 2.81. The summed E-state index contributed by atoms with van der Waals surface area (Å²) in [6.45, 7) is 7.82. The molecule has 2 bridgehead atoms. The Balaban J connectivity index is 1.76. The van der Waals surface area contributed by atoms with Gasteiger partial charge in [-0.25, -0.2) is 9.59 Å². The van der Waals surface area contributed by atoms with Crippen molar-refractivity contribution in [1.29, 1.82) is 0 Å². The van der Waals surface area contributed by atoms with Crippen molar-refractivity contribution in [1.82, 2.24) is 0 Å². The number of hydrogen-bond donors (Lipinski definition) is 0. The molecule has 2 aromatic rings. The molecule has 0 aliphatic heterocycles. The SMILES string of the molecule is CC(=O)C1CC2(C)CCC1(C(C)C)C(OC(=O)c1ccccc1)C2OC(=O)c1ccccc1. The van der Waals surface area contributed by atoms with E-state index in [1.54, 1.807) is 55.5 Å². The third-order valence-corrected chi connectivity index (χ3v) is 7.99. The second-order valence-electron chi connectivity index (χ2n) is 10.2. The van der Waals surface area contributed by atoms with Crippen molar-refractivity contribution in [3.8, 4) is 0 Å². The van der Waals surface area contributed by atoms with Gasteiger partial charge in [0.05, 0.1) is 11.1 Å². The Morgan fingerprint density at radius 1 is 0.818 bits per heavy atom. The highest BCUT2D eigenvalue weighted by Gasteiger charge is 2.68. The molecular formula is C28H32O5. The molecule has 2 aromatic carbocycles. The third kappa shape index (κ3) is 3.98. The fraction of sp³-hybridized carbons (Fsp3) is 0.464. The van der Waals surface area contributed by atoms with Gasteiger partial charge in [0.15, 0.2) is 0 Å². The van der Waals surface area contributed by atoms with Crippen LogP contribution in [0.15, 0.2) is 60.7 Å². The van der Waals surface area contributed by atoms with E-state index in [9.17, 15) is 14.4 Å². The largest absolute Gasteiger partial charge is 0.454 e. The molecule has 5 heteroatoms. The van der Waals surface area contributed by atoms with Crippen LogP contribution in [0.4, 0.5) is 0 Å². The summed E-state index contributed by atoms with van der Waals surface area (Å²) in [4.78, 5) is 39.1. The summed E-state index contributed by atoms with van der Waals surface area (Å²) < 4.78 is 12.3. The monoisotopic (exact) mass is 448 g/mol. The minimum Gasteiger partial charge on any atom is -0.454 e. The predicted octanol–water partition coefficient (Wildman–Crippen LogP) is 5.49. The summed E-state index contributed by atoms with van der Waals surface area (Å²) in [6, 6.07) is 17.7. The summed E-state index contributed by atoms with van der Waals surface area (Å²) in [7, 11) is 0. The number of hydrogen-bond acceptors (Lipinski definition) is 5. The maximum absolute atomic E-state index is 13.2. The van der Waals surface area contributed by atoms with Crippen molar-refractivity contribution in [2.24, 2.45) is 22.7 Å². The Bertz CT molecular complexity index is 1030. The Kier molecular flexibility index (Phi) is 6.17. The molecule has 0 spiro atoms. The maximum Gasteiger partial charge on any atom is 0.338 e. The van der Waals surface area contributed by atoms with Crippen LogP contribution in [0.25, 0.3) is 0 Å². The number of esters is 2. The molecule has 3 aliphatic rings. The molecule has 0 radical (unpaired) electrons. The zero-order chi connectivity index (χ0) is 23.8. The van der Waals surface area contributed by atoms with E-state index in [2.05, 4.69) is 20.8 Å². The summed E-state index contributed by atoms with van der Waals surface area (Å²) in [5.74, 6) is -0.990. The molecule has 0 amide bonds. The van der Waals surface area contributed by atoms with Gasteiger partial charge in [0.25, 0.3) is 0 Å². The lowest BCUT2D eigenvalue weighted by Gasteiger charge is -2.63. The van der Waals surface area contributed by atoms with E-state index in [4.69, 9.17) is 9.47 Å². The third-order valence-electron chi connectivity index (χ3n) is 7.99. The lowest BCUT2D eigenvalue weighted by atomic mass is 9.43. The second kappa shape index (κ2) is 8.77. The molecule has 5 nitrogen and oxygen atoms in total. The number of benzene rings is 2. The van der Waals surface area contributed by atoms with Gasteiger partial charge < -0.3 is 9.47 Å². The van der Waals surface area contributed by atoms with E-state index in [0.29, 0.717) is 17.5 Å². The topological polar surface area (TPSA) is 69.7 Å². The average molecular weight is 449 g/mol. The smallest absolute Gasteiger partial charge is 0.338 e. The number of ketones is 1. The van der Waals surface area contributed by atoms with Crippen molar-refractivity contribution in [3.63, 3.8) is 0 Å². The first-order chi connectivity index (χ1) is 15.7. The van der Waals surface area contributed by atoms with Gasteiger partial charge >= 0.3 is 11.9 Å². The number of carbonyl (C=O) groups excluding carboxylic acids is 3. The number of Topliss-reactive ketones (excluding diaryl/α,β-unsaturated/α-hetero) is 1. The molecule has 0 N–H and O–H groups in total. The van der Waals surface area contributed by atoms with Crippen LogP contribution in [0.1, 0.15) is 67.7 Å². The lowest BCUT2D eigenvalue weighted by Crippen LogP contribution is -2.68. The fourth-order valence-corrected chi connectivity index (χ4v) is 6.11. The van der Waals surface area contributed by atoms with E-state index in [1.165, 1.54) is 0 Å². The van der Waals surface area contributed by atoms with Crippen molar-refractivity contribution in [3.05, 3.63) is 71.8 Å². The van der Waals surface area contributed by atoms with Crippen LogP contribution in [0.5, 0.6) is 0 Å². The molecule has 0 aromatic heterocycles. The van der Waals surface area contributed by atoms with Crippen molar-refractivity contribution in [2.75, 3.05) is 0 Å². The number of fused-ring (bicyclic) bond motifs is 3. The van der Waals surface area contributed by atoms with E-state index in [1.807, 2.05) is 12.1 Å². The van der Waals surface area contributed by atoms with Crippen molar-refractivity contribution in [2.45, 2.75) is 59.2 Å². The van der Waals surface area contributed by atoms with E-state index in [0.717, 1.165) is 12.8 Å². The molecule has 5 atom stereocenters. The molecular weight excluding hydrogens is 416 g/mol. The number of rotatable bonds is 6. The van der Waals surface area contributed by atoms with Crippen molar-refractivity contribution >= 4 is 17.7 Å². The highest BCUT2D eigenvalue weighted by atomic mass is 16.6. The van der Waals surface area contributed by atoms with Crippen LogP contribution in [0.2, 0.25) is 0 Å². The van der Waals surface area contributed by atoms with Crippen LogP contribution in [0, 0.1) is 22.7 Å². The minimum atomic E-state index is -0.709. The first kappa shape index (κ1) is 23.2. The highest BCUT2D eigenvalue weighted by Crippen LogP contribution is 2.64. The summed E-state index contributed by atoms with van der Waals surface area (Å²) >= 11 is 0. The van der Waals surface area contributed by atoms with Crippen LogP contribution in [0.3, 0.4) is 0 Å². The Labute approximate surface area is 195 Å². The molecule has 0 saturated heterocycles. The molecule has 5 unspecified atom stereocenters. The van der Waals surface area contributed by atoms with Gasteiger partial charge in [-0.3, -0.25) is 4.79 Å². The van der Waals surface area contributed by atoms with E-state index < -0.39 is 35.0 Å². The zero-order valence-electron chi connectivity index (χ0n) is 19.7. The maximum atomic E-state index is 13.2. The standard InChI is InChI=1S/C28H32O5/c1-18(2)28-16-15-27(4,17-22(28)19(3)29)23(32-25(30)20-11-7-5-8-12-20)24(28)33-26(31)21-13-9-6-10-14-21/h5-14,18,22-24H,15-17H2,1-4H3. The van der Waals surface area contributed by atoms with Crippen LogP contribution < -0.4 is 0 Å². The molecule has 33 heavy (non-hydrogen) atoms. The van der Waals surface area contributed by atoms with Crippen molar-refractivity contribution < 1.29 is 23.9 Å². The summed E-state index contributed by atoms with van der Waals surface area (Å²) in [5.41, 5.74) is -0.151. The number of carbonyl (C=O) groups is 3. The van der Waals surface area contributed by atoms with Gasteiger partial charge in [-0.05, 0) is 56.4 Å². The van der Waals surface area contributed by atoms with Gasteiger partial charge in [-0.15, -0.1) is 0 Å². The second-order valence-corrected chi connectivity index (χ2v) is 10.2. The normalized spacial score (nSPS) is 30.6. The van der Waals surface area contributed by atoms with Crippen LogP contribution >= 0.6 is 0 Å². The minimum absolute atomic E-state index is 0.0581. The molecule has 3 saturated carbocycles. The molecule has 5 rings (SSSR count). The van der Waals surface area contributed by atoms with Crippen LogP contribution in [-0.4, -0.2) is 29.9 Å². The number of ether oxygens (including phenoxy) is 2. The van der Waals surface area contributed by atoms with Gasteiger partial charge in [0, 0.05) is 16.7 Å². The van der Waals surface area contributed by atoms with Gasteiger partial charge in [0.2, 0.25) is 0 Å². The quantitative estimate of drug-likeness (QED) is 0.547. The Hall–Kier alpha value is -2.95. The van der Waals surface area contributed by atoms with Gasteiger partial charge in [0.1, 0.15) is 18.0 Å². The molecule has 174 valence electrons. The van der Waals surface area contributed by atoms with Gasteiger partial charge in [-0.2, -0.15) is 0 Å². The molecule has 0 heterocycles. The van der Waals surface area contributed by atoms with E-state index >= 15 is 0 Å². The Morgan fingerprint density at radius 3 is 1.76 bits per heavy atom. The predicted molar refractivity (Wildman–Crippen MR) is 125 cm³/mol. The Morgan fingerprint density at radius 2 is 1.30 bits per heavy atom.